The summed E-state index contributed by atoms with van der Waals surface area (Å²) in [5.74, 6) is -2.15. The first-order chi connectivity index (χ1) is 12.5. The maximum absolute atomic E-state index is 12.1. The van der Waals surface area contributed by atoms with Gasteiger partial charge in [-0.2, -0.15) is 5.26 Å². The lowest BCUT2D eigenvalue weighted by molar-refractivity contribution is -0.144. The van der Waals surface area contributed by atoms with Gasteiger partial charge >= 0.3 is 5.97 Å². The molecule has 1 unspecified atom stereocenters. The molecule has 26 heavy (non-hydrogen) atoms. The second-order valence-corrected chi connectivity index (χ2v) is 6.39. The molecule has 1 aliphatic heterocycles. The summed E-state index contributed by atoms with van der Waals surface area (Å²) in [6.45, 7) is 4.09. The van der Waals surface area contributed by atoms with Gasteiger partial charge in [0.2, 0.25) is 5.91 Å². The van der Waals surface area contributed by atoms with E-state index in [2.05, 4.69) is 16.3 Å². The molecule has 8 heteroatoms. The van der Waals surface area contributed by atoms with Crippen LogP contribution in [-0.2, 0) is 9.59 Å². The van der Waals surface area contributed by atoms with Gasteiger partial charge in [-0.05, 0) is 12.1 Å². The SMILES string of the molecule is N#CCCN1CCN(CC(CC(=O)Nc2cccc(O)c2)C(=O)O)CC1. The van der Waals surface area contributed by atoms with Crippen LogP contribution >= 0.6 is 0 Å². The summed E-state index contributed by atoms with van der Waals surface area (Å²) in [7, 11) is 0. The van der Waals surface area contributed by atoms with E-state index in [-0.39, 0.29) is 12.2 Å². The molecule has 8 nitrogen and oxygen atoms in total. The molecule has 3 N–H and O–H groups in total. The van der Waals surface area contributed by atoms with E-state index in [1.807, 2.05) is 4.90 Å². The van der Waals surface area contributed by atoms with E-state index in [0.717, 1.165) is 32.7 Å². The van der Waals surface area contributed by atoms with E-state index in [1.165, 1.54) is 12.1 Å². The van der Waals surface area contributed by atoms with Crippen LogP contribution in [0.3, 0.4) is 0 Å². The number of hydrogen-bond donors (Lipinski definition) is 3. The van der Waals surface area contributed by atoms with Crippen molar-refractivity contribution in [3.05, 3.63) is 24.3 Å². The highest BCUT2D eigenvalue weighted by atomic mass is 16.4. The van der Waals surface area contributed by atoms with Crippen molar-refractivity contribution < 1.29 is 19.8 Å². The Morgan fingerprint density at radius 2 is 1.92 bits per heavy atom. The Bertz CT molecular complexity index is 665. The number of phenolic OH excluding ortho intramolecular Hbond substituents is 1. The van der Waals surface area contributed by atoms with Gasteiger partial charge in [-0.3, -0.25) is 19.4 Å². The number of amides is 1. The van der Waals surface area contributed by atoms with Crippen LogP contribution in [0.25, 0.3) is 0 Å². The summed E-state index contributed by atoms with van der Waals surface area (Å²) < 4.78 is 0. The Morgan fingerprint density at radius 3 is 2.54 bits per heavy atom. The van der Waals surface area contributed by atoms with E-state index in [9.17, 15) is 19.8 Å². The van der Waals surface area contributed by atoms with Gasteiger partial charge in [0.15, 0.2) is 0 Å². The van der Waals surface area contributed by atoms with E-state index in [0.29, 0.717) is 18.7 Å². The van der Waals surface area contributed by atoms with Crippen molar-refractivity contribution >= 4 is 17.6 Å². The first-order valence-electron chi connectivity index (χ1n) is 8.61. The van der Waals surface area contributed by atoms with Gasteiger partial charge in [0.05, 0.1) is 12.0 Å². The highest BCUT2D eigenvalue weighted by molar-refractivity contribution is 5.93. The number of nitriles is 1. The molecule has 1 fully saturated rings. The Hall–Kier alpha value is -2.63. The second kappa shape index (κ2) is 9.75. The van der Waals surface area contributed by atoms with Crippen molar-refractivity contribution in [3.63, 3.8) is 0 Å². The number of anilines is 1. The first kappa shape index (κ1) is 19.7. The number of piperazine rings is 1. The van der Waals surface area contributed by atoms with Gasteiger partial charge in [-0.1, -0.05) is 6.07 Å². The lowest BCUT2D eigenvalue weighted by atomic mass is 10.0. The number of rotatable bonds is 8. The summed E-state index contributed by atoms with van der Waals surface area (Å²) in [5, 5.41) is 30.1. The number of phenols is 1. The average molecular weight is 360 g/mol. The fourth-order valence-electron chi connectivity index (χ4n) is 2.96. The molecule has 140 valence electrons. The van der Waals surface area contributed by atoms with Crippen LogP contribution < -0.4 is 5.32 Å². The van der Waals surface area contributed by atoms with E-state index in [4.69, 9.17) is 5.26 Å². The molecule has 1 heterocycles. The predicted molar refractivity (Wildman–Crippen MR) is 95.6 cm³/mol. The molecule has 0 saturated carbocycles. The summed E-state index contributed by atoms with van der Waals surface area (Å²) in [6.07, 6.45) is 0.368. The van der Waals surface area contributed by atoms with Crippen molar-refractivity contribution in [2.24, 2.45) is 5.92 Å². The number of nitrogens with one attached hydrogen (secondary N) is 1. The van der Waals surface area contributed by atoms with Crippen LogP contribution in [0.15, 0.2) is 24.3 Å². The quantitative estimate of drug-likeness (QED) is 0.632. The second-order valence-electron chi connectivity index (χ2n) is 6.39. The van der Waals surface area contributed by atoms with E-state index < -0.39 is 17.8 Å². The molecule has 2 rings (SSSR count). The van der Waals surface area contributed by atoms with Gasteiger partial charge in [-0.15, -0.1) is 0 Å². The Labute approximate surface area is 152 Å². The Morgan fingerprint density at radius 1 is 1.23 bits per heavy atom. The minimum absolute atomic E-state index is 0.0341. The van der Waals surface area contributed by atoms with Crippen LogP contribution in [0.4, 0.5) is 5.69 Å². The van der Waals surface area contributed by atoms with Gasteiger partial charge < -0.3 is 15.5 Å². The molecule has 0 spiro atoms. The molecule has 1 saturated heterocycles. The van der Waals surface area contributed by atoms with Crippen LogP contribution in [0.5, 0.6) is 5.75 Å². The number of carbonyl (C=O) groups excluding carboxylic acids is 1. The number of carboxylic acid groups (broad SMARTS) is 1. The molecule has 1 aromatic rings. The number of benzene rings is 1. The summed E-state index contributed by atoms with van der Waals surface area (Å²) in [6, 6.07) is 8.26. The molecular formula is C18H24N4O4. The van der Waals surface area contributed by atoms with Crippen molar-refractivity contribution in [1.29, 1.82) is 5.26 Å². The molecule has 0 aromatic heterocycles. The Kier molecular flexibility index (Phi) is 7.38. The van der Waals surface area contributed by atoms with Crippen molar-refractivity contribution in [3.8, 4) is 11.8 Å². The number of aromatic hydroxyl groups is 1. The van der Waals surface area contributed by atoms with Crippen LogP contribution in [0.2, 0.25) is 0 Å². The first-order valence-corrected chi connectivity index (χ1v) is 8.61. The summed E-state index contributed by atoms with van der Waals surface area (Å²) in [5.41, 5.74) is 0.435. The predicted octanol–water partition coefficient (Wildman–Crippen LogP) is 0.953. The minimum Gasteiger partial charge on any atom is -0.508 e. The number of carbonyl (C=O) groups is 2. The topological polar surface area (TPSA) is 117 Å². The Balaban J connectivity index is 1.82. The van der Waals surface area contributed by atoms with Crippen LogP contribution in [0, 0.1) is 17.2 Å². The standard InChI is InChI=1S/C18H24N4O4/c19-5-2-6-21-7-9-22(10-8-21)13-14(18(25)26)11-17(24)20-15-3-1-4-16(23)12-15/h1,3-4,12,14,23H,2,6-11,13H2,(H,20,24)(H,25,26). The molecule has 1 amide bonds. The third kappa shape index (κ3) is 6.35. The van der Waals surface area contributed by atoms with Gasteiger partial charge in [0.25, 0.3) is 0 Å². The summed E-state index contributed by atoms with van der Waals surface area (Å²) >= 11 is 0. The van der Waals surface area contributed by atoms with Crippen LogP contribution in [-0.4, -0.2) is 71.2 Å². The molecular weight excluding hydrogens is 336 g/mol. The fraction of sp³-hybridized carbons (Fsp3) is 0.500. The highest BCUT2D eigenvalue weighted by Gasteiger charge is 2.26. The maximum atomic E-state index is 12.1. The lowest BCUT2D eigenvalue weighted by Crippen LogP contribution is -2.48. The monoisotopic (exact) mass is 360 g/mol. The largest absolute Gasteiger partial charge is 0.508 e. The summed E-state index contributed by atoms with van der Waals surface area (Å²) in [4.78, 5) is 27.9. The molecule has 0 aliphatic carbocycles. The van der Waals surface area contributed by atoms with Crippen molar-refractivity contribution in [2.75, 3.05) is 44.6 Å². The molecule has 1 aliphatic rings. The van der Waals surface area contributed by atoms with Crippen LogP contribution in [0.1, 0.15) is 12.8 Å². The van der Waals surface area contributed by atoms with Gasteiger partial charge in [-0.25, -0.2) is 0 Å². The number of nitrogens with zero attached hydrogens (tertiary/aromatic N) is 3. The van der Waals surface area contributed by atoms with Crippen molar-refractivity contribution in [1.82, 2.24) is 9.80 Å². The van der Waals surface area contributed by atoms with E-state index in [1.54, 1.807) is 12.1 Å². The smallest absolute Gasteiger partial charge is 0.308 e. The van der Waals surface area contributed by atoms with Gasteiger partial charge in [0, 0.05) is 63.9 Å². The molecule has 1 atom stereocenters. The fourth-order valence-corrected chi connectivity index (χ4v) is 2.96. The maximum Gasteiger partial charge on any atom is 0.308 e. The third-order valence-electron chi connectivity index (χ3n) is 4.39. The zero-order chi connectivity index (χ0) is 18.9. The highest BCUT2D eigenvalue weighted by Crippen LogP contribution is 2.17. The number of carboxylic acids is 1. The minimum atomic E-state index is -0.997. The molecule has 0 radical (unpaired) electrons. The lowest BCUT2D eigenvalue weighted by Gasteiger charge is -2.35. The zero-order valence-corrected chi connectivity index (χ0v) is 14.6. The average Bonchev–Trinajstić information content (AvgIpc) is 2.60. The zero-order valence-electron chi connectivity index (χ0n) is 14.6. The van der Waals surface area contributed by atoms with Gasteiger partial charge in [0.1, 0.15) is 5.75 Å². The molecule has 0 bridgehead atoms. The third-order valence-corrected chi connectivity index (χ3v) is 4.39. The van der Waals surface area contributed by atoms with Crippen molar-refractivity contribution in [2.45, 2.75) is 12.8 Å². The number of hydrogen-bond acceptors (Lipinski definition) is 6. The molecule has 1 aromatic carbocycles. The normalized spacial score (nSPS) is 16.6. The number of aliphatic carboxylic acids is 1. The van der Waals surface area contributed by atoms with E-state index >= 15 is 0 Å².